The Kier molecular flexibility index (Phi) is 6.98. The molecule has 0 amide bonds. The van der Waals surface area contributed by atoms with Gasteiger partial charge in [0.15, 0.2) is 0 Å². The van der Waals surface area contributed by atoms with Crippen LogP contribution >= 0.6 is 0 Å². The fraction of sp³-hybridized carbons (Fsp3) is 0.208. The summed E-state index contributed by atoms with van der Waals surface area (Å²) in [5.74, 6) is 0.734. The lowest BCUT2D eigenvalue weighted by Gasteiger charge is -2.14. The molecule has 0 spiro atoms. The number of para-hydroxylation sites is 2. The molecule has 5 nitrogen and oxygen atoms in total. The summed E-state index contributed by atoms with van der Waals surface area (Å²) >= 11 is 0. The molecule has 3 aromatic carbocycles. The number of aliphatic hydroxyl groups is 1. The van der Waals surface area contributed by atoms with Crippen molar-refractivity contribution in [2.24, 2.45) is 0 Å². The summed E-state index contributed by atoms with van der Waals surface area (Å²) in [5, 5.41) is 19.3. The molecule has 0 radical (unpaired) electrons. The first-order valence-corrected chi connectivity index (χ1v) is 9.76. The van der Waals surface area contributed by atoms with E-state index in [1.54, 1.807) is 0 Å². The number of nitrogens with one attached hydrogen (secondary N) is 1. The number of halogens is 1. The van der Waals surface area contributed by atoms with Gasteiger partial charge in [0.1, 0.15) is 18.5 Å². The normalized spacial score (nSPS) is 11.8. The molecule has 0 aliphatic heterocycles. The number of rotatable bonds is 7. The van der Waals surface area contributed by atoms with E-state index in [1.165, 1.54) is 5.56 Å². The van der Waals surface area contributed by atoms with Crippen molar-refractivity contribution >= 4 is 11.0 Å². The van der Waals surface area contributed by atoms with E-state index < -0.39 is 6.10 Å². The molecule has 0 saturated carbocycles. The van der Waals surface area contributed by atoms with Crippen LogP contribution in [0.5, 0.6) is 5.75 Å². The molecule has 156 valence electrons. The van der Waals surface area contributed by atoms with Crippen LogP contribution in [0.4, 0.5) is 0 Å². The zero-order chi connectivity index (χ0) is 20.2. The van der Waals surface area contributed by atoms with Crippen LogP contribution in [0.2, 0.25) is 0 Å². The van der Waals surface area contributed by atoms with Gasteiger partial charge < -0.3 is 31.4 Å². The van der Waals surface area contributed by atoms with E-state index in [4.69, 9.17) is 10.1 Å². The Labute approximate surface area is 182 Å². The molecule has 2 N–H and O–H groups in total. The van der Waals surface area contributed by atoms with Crippen molar-refractivity contribution in [1.82, 2.24) is 9.13 Å². The van der Waals surface area contributed by atoms with Gasteiger partial charge in [0.05, 0.1) is 24.1 Å². The van der Waals surface area contributed by atoms with E-state index in [-0.39, 0.29) is 19.0 Å². The molecule has 0 fully saturated rings. The quantitative estimate of drug-likeness (QED) is 0.461. The van der Waals surface area contributed by atoms with Crippen molar-refractivity contribution in [3.8, 4) is 5.75 Å². The first-order valence-electron chi connectivity index (χ1n) is 9.76. The largest absolute Gasteiger partial charge is 1.00 e. The van der Waals surface area contributed by atoms with E-state index >= 15 is 0 Å². The van der Waals surface area contributed by atoms with Gasteiger partial charge in [-0.15, -0.1) is 0 Å². The Bertz CT molecular complexity index is 1150. The second kappa shape index (κ2) is 9.65. The van der Waals surface area contributed by atoms with Gasteiger partial charge in [0.2, 0.25) is 5.62 Å². The molecule has 30 heavy (non-hydrogen) atoms. The van der Waals surface area contributed by atoms with Gasteiger partial charge in [-0.05, 0) is 36.8 Å². The molecule has 1 atom stereocenters. The third-order valence-electron chi connectivity index (χ3n) is 5.01. The maximum absolute atomic E-state index is 10.6. The maximum Gasteiger partial charge on any atom is 0.203 e. The monoisotopic (exact) mass is 422 g/mol. The minimum atomic E-state index is -0.721. The maximum atomic E-state index is 10.6. The average Bonchev–Trinajstić information content (AvgIpc) is 3.00. The number of nitrogens with zero attached hydrogens (tertiary/aromatic N) is 2. The average molecular weight is 423 g/mol. The van der Waals surface area contributed by atoms with Crippen LogP contribution in [-0.2, 0) is 13.1 Å². The molecule has 4 aromatic rings. The second-order valence-corrected chi connectivity index (χ2v) is 7.27. The zero-order valence-electron chi connectivity index (χ0n) is 16.8. The SMILES string of the molecule is Cc1ccc(OCC(O)Cn2c(=N)n(Cc3ccccc3)c3ccccc32)cc1.[Cl-]. The number of aryl methyl sites for hydroxylation is 1. The van der Waals surface area contributed by atoms with Crippen molar-refractivity contribution in [3.63, 3.8) is 0 Å². The van der Waals surface area contributed by atoms with Crippen LogP contribution < -0.4 is 22.8 Å². The highest BCUT2D eigenvalue weighted by molar-refractivity contribution is 5.76. The van der Waals surface area contributed by atoms with Gasteiger partial charge in [-0.25, -0.2) is 0 Å². The molecule has 0 saturated heterocycles. The highest BCUT2D eigenvalue weighted by atomic mass is 35.5. The summed E-state index contributed by atoms with van der Waals surface area (Å²) in [5.41, 5.74) is 4.58. The van der Waals surface area contributed by atoms with Gasteiger partial charge in [0.25, 0.3) is 0 Å². The van der Waals surface area contributed by atoms with Crippen LogP contribution in [0.3, 0.4) is 0 Å². The summed E-state index contributed by atoms with van der Waals surface area (Å²) in [7, 11) is 0. The predicted molar refractivity (Wildman–Crippen MR) is 114 cm³/mol. The van der Waals surface area contributed by atoms with E-state index in [0.29, 0.717) is 18.7 Å². The summed E-state index contributed by atoms with van der Waals surface area (Å²) < 4.78 is 9.54. The third-order valence-corrected chi connectivity index (χ3v) is 5.01. The Morgan fingerprint density at radius 3 is 2.13 bits per heavy atom. The number of aliphatic hydroxyl groups excluding tert-OH is 1. The molecule has 4 rings (SSSR count). The Balaban J connectivity index is 0.00000256. The number of imidazole rings is 1. The van der Waals surface area contributed by atoms with Gasteiger partial charge in [0, 0.05) is 0 Å². The Morgan fingerprint density at radius 1 is 0.867 bits per heavy atom. The summed E-state index contributed by atoms with van der Waals surface area (Å²) in [4.78, 5) is 0. The molecule has 1 aromatic heterocycles. The lowest BCUT2D eigenvalue weighted by Crippen LogP contribution is -3.00. The predicted octanol–water partition coefficient (Wildman–Crippen LogP) is 0.723. The third kappa shape index (κ3) is 4.75. The topological polar surface area (TPSA) is 63.2 Å². The molecular formula is C24H25ClN3O2-. The van der Waals surface area contributed by atoms with Gasteiger partial charge in [-0.2, -0.15) is 0 Å². The van der Waals surface area contributed by atoms with E-state index in [0.717, 1.165) is 22.3 Å². The highest BCUT2D eigenvalue weighted by Crippen LogP contribution is 2.16. The fourth-order valence-electron chi connectivity index (χ4n) is 3.50. The molecule has 0 bridgehead atoms. The van der Waals surface area contributed by atoms with Crippen LogP contribution in [0.1, 0.15) is 11.1 Å². The van der Waals surface area contributed by atoms with Crippen molar-refractivity contribution < 1.29 is 22.3 Å². The molecule has 0 aliphatic carbocycles. The first kappa shape index (κ1) is 21.7. The number of ether oxygens (including phenoxy) is 1. The van der Waals surface area contributed by atoms with E-state index in [2.05, 4.69) is 12.1 Å². The van der Waals surface area contributed by atoms with Gasteiger partial charge in [-0.1, -0.05) is 60.2 Å². The van der Waals surface area contributed by atoms with E-state index in [1.807, 2.05) is 82.8 Å². The minimum absolute atomic E-state index is 0. The smallest absolute Gasteiger partial charge is 0.203 e. The standard InChI is InChI=1S/C24H25N3O2.ClH/c1-18-11-13-21(14-12-18)29-17-20(28)16-27-23-10-6-5-9-22(23)26(24(27)25)15-19-7-3-2-4-8-19;/h2-14,20,25,28H,15-17H2,1H3;1H/p-1. The Morgan fingerprint density at radius 2 is 1.47 bits per heavy atom. The molecule has 1 heterocycles. The van der Waals surface area contributed by atoms with Crippen molar-refractivity contribution in [2.45, 2.75) is 26.1 Å². The van der Waals surface area contributed by atoms with Crippen molar-refractivity contribution in [3.05, 3.63) is 95.6 Å². The molecule has 1 unspecified atom stereocenters. The lowest BCUT2D eigenvalue weighted by molar-refractivity contribution is -0.00000812. The lowest BCUT2D eigenvalue weighted by atomic mass is 10.2. The summed E-state index contributed by atoms with van der Waals surface area (Å²) in [6.45, 7) is 3.11. The molecule has 0 aliphatic rings. The van der Waals surface area contributed by atoms with E-state index in [9.17, 15) is 5.11 Å². The van der Waals surface area contributed by atoms with Crippen molar-refractivity contribution in [2.75, 3.05) is 6.61 Å². The second-order valence-electron chi connectivity index (χ2n) is 7.27. The number of aromatic nitrogens is 2. The van der Waals surface area contributed by atoms with Crippen LogP contribution in [0.25, 0.3) is 11.0 Å². The number of hydrogen-bond acceptors (Lipinski definition) is 3. The first-order chi connectivity index (χ1) is 14.1. The highest BCUT2D eigenvalue weighted by Gasteiger charge is 2.14. The zero-order valence-corrected chi connectivity index (χ0v) is 17.6. The molecular weight excluding hydrogens is 398 g/mol. The number of fused-ring (bicyclic) bond motifs is 1. The van der Waals surface area contributed by atoms with Crippen molar-refractivity contribution in [1.29, 1.82) is 5.41 Å². The number of hydrogen-bond donors (Lipinski definition) is 2. The van der Waals surface area contributed by atoms with Crippen LogP contribution in [0.15, 0.2) is 78.9 Å². The van der Waals surface area contributed by atoms with Gasteiger partial charge >= 0.3 is 0 Å². The summed E-state index contributed by atoms with van der Waals surface area (Å²) in [6, 6.07) is 25.8. The number of benzene rings is 3. The van der Waals surface area contributed by atoms with Gasteiger partial charge in [-0.3, -0.25) is 5.41 Å². The summed E-state index contributed by atoms with van der Waals surface area (Å²) in [6.07, 6.45) is -0.721. The minimum Gasteiger partial charge on any atom is -1.00 e. The van der Waals surface area contributed by atoms with Crippen LogP contribution in [-0.4, -0.2) is 27.0 Å². The van der Waals surface area contributed by atoms with Crippen LogP contribution in [0, 0.1) is 12.3 Å². The fourth-order valence-corrected chi connectivity index (χ4v) is 3.50. The molecule has 6 heteroatoms. The Hall–Kier alpha value is -3.02.